The lowest BCUT2D eigenvalue weighted by atomic mass is 10.2. The summed E-state index contributed by atoms with van der Waals surface area (Å²) in [7, 11) is 0. The average molecular weight is 389 g/mol. The van der Waals surface area contributed by atoms with Crippen molar-refractivity contribution in [1.29, 1.82) is 0 Å². The van der Waals surface area contributed by atoms with Crippen molar-refractivity contribution in [1.82, 2.24) is 0 Å². The van der Waals surface area contributed by atoms with Crippen LogP contribution in [0.1, 0.15) is 10.4 Å². The summed E-state index contributed by atoms with van der Waals surface area (Å²) in [6.07, 6.45) is 0. The molecule has 0 aliphatic rings. The van der Waals surface area contributed by atoms with Gasteiger partial charge in [-0.2, -0.15) is 0 Å². The Morgan fingerprint density at radius 1 is 1.26 bits per heavy atom. The number of rotatable bonds is 2. The summed E-state index contributed by atoms with van der Waals surface area (Å²) < 4.78 is 0.789. The zero-order valence-electron chi connectivity index (χ0n) is 9.65. The van der Waals surface area contributed by atoms with Crippen LogP contribution < -0.4 is 11.1 Å². The fourth-order valence-electron chi connectivity index (χ4n) is 1.53. The molecule has 0 unspecified atom stereocenters. The molecule has 4 nitrogen and oxygen atoms in total. The third-order valence-electron chi connectivity index (χ3n) is 2.46. The smallest absolute Gasteiger partial charge is 0.256 e. The topological polar surface area (TPSA) is 75.3 Å². The van der Waals surface area contributed by atoms with Crippen LogP contribution >= 0.6 is 34.2 Å². The number of hydrogen-bond acceptors (Lipinski definition) is 3. The molecular weight excluding hydrogens is 379 g/mol. The summed E-state index contributed by atoms with van der Waals surface area (Å²) >= 11 is 7.93. The Balaban J connectivity index is 2.28. The Morgan fingerprint density at radius 2 is 2.00 bits per heavy atom. The lowest BCUT2D eigenvalue weighted by Gasteiger charge is -2.10. The second kappa shape index (κ2) is 5.66. The highest BCUT2D eigenvalue weighted by atomic mass is 127. The largest absolute Gasteiger partial charge is 0.508 e. The first-order valence-electron chi connectivity index (χ1n) is 5.32. The van der Waals surface area contributed by atoms with Gasteiger partial charge in [-0.15, -0.1) is 0 Å². The minimum Gasteiger partial charge on any atom is -0.508 e. The van der Waals surface area contributed by atoms with E-state index in [0.29, 0.717) is 22.0 Å². The van der Waals surface area contributed by atoms with Crippen LogP contribution in [0.3, 0.4) is 0 Å². The number of anilines is 2. The van der Waals surface area contributed by atoms with Crippen LogP contribution in [-0.4, -0.2) is 11.0 Å². The molecule has 4 N–H and O–H groups in total. The van der Waals surface area contributed by atoms with Gasteiger partial charge in [0.25, 0.3) is 5.91 Å². The predicted octanol–water partition coefficient (Wildman–Crippen LogP) is 3.48. The van der Waals surface area contributed by atoms with Gasteiger partial charge in [0.1, 0.15) is 5.75 Å². The lowest BCUT2D eigenvalue weighted by molar-refractivity contribution is 0.102. The van der Waals surface area contributed by atoms with E-state index in [-0.39, 0.29) is 11.7 Å². The van der Waals surface area contributed by atoms with Crippen LogP contribution in [0.4, 0.5) is 11.4 Å². The van der Waals surface area contributed by atoms with E-state index in [0.717, 1.165) is 3.57 Å². The molecule has 6 heteroatoms. The van der Waals surface area contributed by atoms with Gasteiger partial charge in [-0.05, 0) is 52.9 Å². The van der Waals surface area contributed by atoms with Crippen LogP contribution in [0.2, 0.25) is 5.02 Å². The van der Waals surface area contributed by atoms with Crippen molar-refractivity contribution in [3.63, 3.8) is 0 Å². The number of carbonyl (C=O) groups excluding carboxylic acids is 1. The fraction of sp³-hybridized carbons (Fsp3) is 0. The number of halogens is 2. The van der Waals surface area contributed by atoms with Crippen molar-refractivity contribution in [2.45, 2.75) is 0 Å². The predicted molar refractivity (Wildman–Crippen MR) is 84.6 cm³/mol. The van der Waals surface area contributed by atoms with Crippen molar-refractivity contribution in [2.75, 3.05) is 11.1 Å². The van der Waals surface area contributed by atoms with Gasteiger partial charge in [-0.1, -0.05) is 11.6 Å². The highest BCUT2D eigenvalue weighted by molar-refractivity contribution is 14.1. The van der Waals surface area contributed by atoms with Crippen molar-refractivity contribution < 1.29 is 9.90 Å². The van der Waals surface area contributed by atoms with Gasteiger partial charge in [0, 0.05) is 14.7 Å². The van der Waals surface area contributed by atoms with Gasteiger partial charge < -0.3 is 16.2 Å². The maximum Gasteiger partial charge on any atom is 0.256 e. The second-order valence-corrected chi connectivity index (χ2v) is 5.45. The first-order valence-corrected chi connectivity index (χ1v) is 6.78. The van der Waals surface area contributed by atoms with Crippen LogP contribution in [0.25, 0.3) is 0 Å². The number of benzene rings is 2. The molecule has 0 bridgehead atoms. The summed E-state index contributed by atoms with van der Waals surface area (Å²) in [5.74, 6) is -0.253. The summed E-state index contributed by atoms with van der Waals surface area (Å²) in [5, 5.41) is 12.4. The molecular formula is C13H10ClIN2O2. The van der Waals surface area contributed by atoms with E-state index in [1.54, 1.807) is 24.3 Å². The molecule has 0 aromatic heterocycles. The van der Waals surface area contributed by atoms with Crippen LogP contribution in [0.15, 0.2) is 36.4 Å². The summed E-state index contributed by atoms with van der Waals surface area (Å²) in [6.45, 7) is 0. The highest BCUT2D eigenvalue weighted by Crippen LogP contribution is 2.25. The maximum absolute atomic E-state index is 12.1. The molecule has 0 aliphatic carbocycles. The molecule has 2 aromatic carbocycles. The van der Waals surface area contributed by atoms with Gasteiger partial charge in [0.2, 0.25) is 0 Å². The first kappa shape index (κ1) is 14.0. The quantitative estimate of drug-likeness (QED) is 0.419. The Kier molecular flexibility index (Phi) is 4.16. The third kappa shape index (κ3) is 3.30. The molecule has 0 aliphatic heterocycles. The molecule has 0 heterocycles. The standard InChI is InChI=1S/C13H10ClIN2O2/c14-7-1-3-10(15)9(5-7)13(19)17-12-4-2-8(18)6-11(12)16/h1-6,18H,16H2,(H,17,19). The average Bonchev–Trinajstić information content (AvgIpc) is 2.35. The minimum absolute atomic E-state index is 0.0489. The van der Waals surface area contributed by atoms with Crippen molar-refractivity contribution >= 4 is 51.5 Å². The Morgan fingerprint density at radius 3 is 2.68 bits per heavy atom. The molecule has 0 radical (unpaired) electrons. The molecule has 19 heavy (non-hydrogen) atoms. The number of amides is 1. The number of carbonyl (C=O) groups is 1. The van der Waals surface area contributed by atoms with Crippen LogP contribution in [-0.2, 0) is 0 Å². The Labute approximate surface area is 128 Å². The van der Waals surface area contributed by atoms with Crippen molar-refractivity contribution in [3.8, 4) is 5.75 Å². The van der Waals surface area contributed by atoms with Gasteiger partial charge >= 0.3 is 0 Å². The van der Waals surface area contributed by atoms with E-state index in [9.17, 15) is 9.90 Å². The number of phenolic OH excluding ortho intramolecular Hbond substituents is 1. The summed E-state index contributed by atoms with van der Waals surface area (Å²) in [4.78, 5) is 12.1. The number of hydrogen-bond donors (Lipinski definition) is 3. The Hall–Kier alpha value is -1.47. The van der Waals surface area contributed by atoms with Crippen molar-refractivity contribution in [2.24, 2.45) is 0 Å². The van der Waals surface area contributed by atoms with Gasteiger partial charge in [-0.3, -0.25) is 4.79 Å². The molecule has 1 amide bonds. The van der Waals surface area contributed by atoms with Crippen molar-refractivity contribution in [3.05, 3.63) is 50.6 Å². The van der Waals surface area contributed by atoms with E-state index >= 15 is 0 Å². The molecule has 2 rings (SSSR count). The Bertz CT molecular complexity index is 647. The summed E-state index contributed by atoms with van der Waals surface area (Å²) in [5.41, 5.74) is 6.93. The highest BCUT2D eigenvalue weighted by Gasteiger charge is 2.12. The number of nitrogen functional groups attached to an aromatic ring is 1. The number of nitrogens with one attached hydrogen (secondary N) is 1. The van der Waals surface area contributed by atoms with E-state index in [4.69, 9.17) is 17.3 Å². The third-order valence-corrected chi connectivity index (χ3v) is 3.63. The van der Waals surface area contributed by atoms with E-state index in [1.807, 2.05) is 0 Å². The molecule has 0 saturated heterocycles. The van der Waals surface area contributed by atoms with Crippen LogP contribution in [0, 0.1) is 3.57 Å². The molecule has 0 saturated carbocycles. The lowest BCUT2D eigenvalue weighted by Crippen LogP contribution is -2.14. The van der Waals surface area contributed by atoms with Gasteiger partial charge in [-0.25, -0.2) is 0 Å². The fourth-order valence-corrected chi connectivity index (χ4v) is 2.28. The monoisotopic (exact) mass is 388 g/mol. The number of aromatic hydroxyl groups is 1. The zero-order valence-corrected chi connectivity index (χ0v) is 12.6. The molecule has 0 spiro atoms. The first-order chi connectivity index (χ1) is 8.97. The second-order valence-electron chi connectivity index (χ2n) is 3.85. The van der Waals surface area contributed by atoms with Gasteiger partial charge in [0.15, 0.2) is 0 Å². The normalized spacial score (nSPS) is 10.2. The molecule has 98 valence electrons. The maximum atomic E-state index is 12.1. The number of phenols is 1. The molecule has 0 atom stereocenters. The molecule has 2 aromatic rings. The zero-order chi connectivity index (χ0) is 14.0. The van der Waals surface area contributed by atoms with Crippen LogP contribution in [0.5, 0.6) is 5.75 Å². The molecule has 0 fully saturated rings. The van der Waals surface area contributed by atoms with E-state index < -0.39 is 0 Å². The van der Waals surface area contributed by atoms with E-state index in [1.165, 1.54) is 12.1 Å². The summed E-state index contributed by atoms with van der Waals surface area (Å²) in [6, 6.07) is 9.44. The minimum atomic E-state index is -0.302. The SMILES string of the molecule is Nc1cc(O)ccc1NC(=O)c1cc(Cl)ccc1I. The van der Waals surface area contributed by atoms with E-state index in [2.05, 4.69) is 27.9 Å². The number of nitrogens with two attached hydrogens (primary N) is 1. The van der Waals surface area contributed by atoms with Gasteiger partial charge in [0.05, 0.1) is 16.9 Å².